The molecule has 0 aliphatic carbocycles. The van der Waals surface area contributed by atoms with Crippen molar-refractivity contribution in [2.24, 2.45) is 0 Å². The first-order valence-corrected chi connectivity index (χ1v) is 5.96. The quantitative estimate of drug-likeness (QED) is 0.920. The van der Waals surface area contributed by atoms with Crippen molar-refractivity contribution in [2.75, 3.05) is 0 Å². The van der Waals surface area contributed by atoms with Crippen molar-refractivity contribution >= 4 is 28.8 Å². The molecule has 90 valence electrons. The monoisotopic (exact) mass is 272 g/mol. The highest BCUT2D eigenvalue weighted by atomic mass is 35.5. The number of nitrogens with zero attached hydrogens (tertiary/aromatic N) is 3. The van der Waals surface area contributed by atoms with Crippen molar-refractivity contribution in [1.82, 2.24) is 20.7 Å². The van der Waals surface area contributed by atoms with E-state index in [1.54, 1.807) is 6.92 Å². The van der Waals surface area contributed by atoms with Gasteiger partial charge in [0.25, 0.3) is 5.91 Å². The van der Waals surface area contributed by atoms with E-state index in [4.69, 9.17) is 16.1 Å². The van der Waals surface area contributed by atoms with E-state index in [2.05, 4.69) is 20.7 Å². The standard InChI is InChI=1S/C9H9ClN4O2S/c1-4-6(5(2)16-14-4)3-11-7(15)8-12-13-9(10)17-8/h3H2,1-2H3,(H,11,15). The van der Waals surface area contributed by atoms with Crippen LogP contribution in [0.15, 0.2) is 4.52 Å². The second-order valence-corrected chi connectivity index (χ2v) is 4.91. The van der Waals surface area contributed by atoms with Gasteiger partial charge in [0.1, 0.15) is 5.76 Å². The Labute approximate surface area is 106 Å². The van der Waals surface area contributed by atoms with Gasteiger partial charge in [-0.05, 0) is 25.4 Å². The SMILES string of the molecule is Cc1noc(C)c1CNC(=O)c1nnc(Cl)s1. The van der Waals surface area contributed by atoms with E-state index in [0.717, 1.165) is 22.6 Å². The smallest absolute Gasteiger partial charge is 0.282 e. The minimum Gasteiger partial charge on any atom is -0.361 e. The number of hydrogen-bond donors (Lipinski definition) is 1. The lowest BCUT2D eigenvalue weighted by molar-refractivity contribution is 0.0949. The summed E-state index contributed by atoms with van der Waals surface area (Å²) in [7, 11) is 0. The molecule has 0 fully saturated rings. The zero-order valence-corrected chi connectivity index (χ0v) is 10.7. The number of aryl methyl sites for hydroxylation is 2. The first-order chi connectivity index (χ1) is 8.08. The average molecular weight is 273 g/mol. The molecule has 6 nitrogen and oxygen atoms in total. The molecule has 2 rings (SSSR count). The number of hydrogen-bond acceptors (Lipinski definition) is 6. The van der Waals surface area contributed by atoms with Gasteiger partial charge in [-0.15, -0.1) is 10.2 Å². The Morgan fingerprint density at radius 2 is 2.24 bits per heavy atom. The second-order valence-electron chi connectivity index (χ2n) is 3.35. The van der Waals surface area contributed by atoms with Gasteiger partial charge in [0.2, 0.25) is 9.47 Å². The lowest BCUT2D eigenvalue weighted by Crippen LogP contribution is -2.23. The molecule has 2 heterocycles. The number of halogens is 1. The maximum absolute atomic E-state index is 11.7. The molecule has 1 N–H and O–H groups in total. The maximum atomic E-state index is 11.7. The predicted molar refractivity (Wildman–Crippen MR) is 62.1 cm³/mol. The molecule has 0 saturated heterocycles. The van der Waals surface area contributed by atoms with E-state index in [1.807, 2.05) is 6.92 Å². The number of carbonyl (C=O) groups is 1. The largest absolute Gasteiger partial charge is 0.361 e. The van der Waals surface area contributed by atoms with Crippen molar-refractivity contribution in [3.63, 3.8) is 0 Å². The molecular formula is C9H9ClN4O2S. The number of aromatic nitrogens is 3. The van der Waals surface area contributed by atoms with Crippen molar-refractivity contribution in [1.29, 1.82) is 0 Å². The summed E-state index contributed by atoms with van der Waals surface area (Å²) in [6.07, 6.45) is 0. The number of nitrogens with one attached hydrogen (secondary N) is 1. The summed E-state index contributed by atoms with van der Waals surface area (Å²) >= 11 is 6.63. The Hall–Kier alpha value is -1.47. The van der Waals surface area contributed by atoms with E-state index in [9.17, 15) is 4.79 Å². The molecule has 0 spiro atoms. The van der Waals surface area contributed by atoms with Gasteiger partial charge in [-0.3, -0.25) is 4.79 Å². The van der Waals surface area contributed by atoms with E-state index >= 15 is 0 Å². The molecular weight excluding hydrogens is 264 g/mol. The van der Waals surface area contributed by atoms with Crippen molar-refractivity contribution in [2.45, 2.75) is 20.4 Å². The minimum absolute atomic E-state index is 0.238. The van der Waals surface area contributed by atoms with Crippen LogP contribution in [0.4, 0.5) is 0 Å². The third-order valence-electron chi connectivity index (χ3n) is 2.20. The molecule has 0 atom stereocenters. The Bertz CT molecular complexity index is 531. The molecule has 0 aromatic carbocycles. The lowest BCUT2D eigenvalue weighted by Gasteiger charge is -2.01. The summed E-state index contributed by atoms with van der Waals surface area (Å²) in [4.78, 5) is 11.7. The van der Waals surface area contributed by atoms with Gasteiger partial charge in [-0.25, -0.2) is 0 Å². The number of amides is 1. The second kappa shape index (κ2) is 4.80. The molecule has 0 aliphatic heterocycles. The fourth-order valence-electron chi connectivity index (χ4n) is 1.30. The highest BCUT2D eigenvalue weighted by molar-refractivity contribution is 7.17. The fourth-order valence-corrected chi connectivity index (χ4v) is 2.04. The summed E-state index contributed by atoms with van der Waals surface area (Å²) < 4.78 is 5.23. The number of rotatable bonds is 3. The Balaban J connectivity index is 2.02. The minimum atomic E-state index is -0.311. The van der Waals surface area contributed by atoms with Crippen LogP contribution in [0, 0.1) is 13.8 Å². The van der Waals surface area contributed by atoms with Gasteiger partial charge in [-0.1, -0.05) is 16.5 Å². The van der Waals surface area contributed by atoms with Crippen LogP contribution in [0.3, 0.4) is 0 Å². The normalized spacial score (nSPS) is 10.5. The molecule has 8 heteroatoms. The van der Waals surface area contributed by atoms with Crippen LogP contribution in [0.1, 0.15) is 26.8 Å². The van der Waals surface area contributed by atoms with Crippen LogP contribution in [-0.4, -0.2) is 21.3 Å². The third kappa shape index (κ3) is 2.62. The highest BCUT2D eigenvalue weighted by Crippen LogP contribution is 2.15. The fraction of sp³-hybridized carbons (Fsp3) is 0.333. The molecule has 1 amide bonds. The van der Waals surface area contributed by atoms with Crippen LogP contribution in [0.2, 0.25) is 4.47 Å². The summed E-state index contributed by atoms with van der Waals surface area (Å²) in [5, 5.41) is 13.9. The van der Waals surface area contributed by atoms with E-state index < -0.39 is 0 Å². The van der Waals surface area contributed by atoms with Gasteiger partial charge in [0, 0.05) is 12.1 Å². The number of carbonyl (C=O) groups excluding carboxylic acids is 1. The van der Waals surface area contributed by atoms with Crippen molar-refractivity contribution in [3.05, 3.63) is 26.5 Å². The third-order valence-corrected chi connectivity index (χ3v) is 3.22. The molecule has 2 aromatic rings. The Kier molecular flexibility index (Phi) is 3.39. The maximum Gasteiger partial charge on any atom is 0.282 e. The predicted octanol–water partition coefficient (Wildman–Crippen LogP) is 1.73. The molecule has 0 radical (unpaired) electrons. The molecule has 17 heavy (non-hydrogen) atoms. The van der Waals surface area contributed by atoms with Crippen LogP contribution < -0.4 is 5.32 Å². The summed E-state index contributed by atoms with van der Waals surface area (Å²) in [5.74, 6) is 0.382. The van der Waals surface area contributed by atoms with Crippen LogP contribution in [0.25, 0.3) is 0 Å². The van der Waals surface area contributed by atoms with E-state index in [1.165, 1.54) is 0 Å². The van der Waals surface area contributed by atoms with E-state index in [-0.39, 0.29) is 15.4 Å². The van der Waals surface area contributed by atoms with Crippen molar-refractivity contribution < 1.29 is 9.32 Å². The first-order valence-electron chi connectivity index (χ1n) is 4.77. The first kappa shape index (κ1) is 12.0. The van der Waals surface area contributed by atoms with Crippen molar-refractivity contribution in [3.8, 4) is 0 Å². The zero-order chi connectivity index (χ0) is 12.4. The van der Waals surface area contributed by atoms with E-state index in [0.29, 0.717) is 12.3 Å². The van der Waals surface area contributed by atoms with Gasteiger partial charge >= 0.3 is 0 Å². The molecule has 0 bridgehead atoms. The lowest BCUT2D eigenvalue weighted by atomic mass is 10.2. The summed E-state index contributed by atoms with van der Waals surface area (Å²) in [5.41, 5.74) is 1.63. The summed E-state index contributed by atoms with van der Waals surface area (Å²) in [6, 6.07) is 0. The van der Waals surface area contributed by atoms with Gasteiger partial charge in [0.05, 0.1) is 5.69 Å². The highest BCUT2D eigenvalue weighted by Gasteiger charge is 2.14. The molecule has 0 aliphatic rings. The van der Waals surface area contributed by atoms with Crippen LogP contribution >= 0.6 is 22.9 Å². The Morgan fingerprint density at radius 3 is 2.76 bits per heavy atom. The van der Waals surface area contributed by atoms with Crippen LogP contribution in [-0.2, 0) is 6.54 Å². The van der Waals surface area contributed by atoms with Gasteiger partial charge in [0.15, 0.2) is 0 Å². The summed E-state index contributed by atoms with van der Waals surface area (Å²) in [6.45, 7) is 3.96. The van der Waals surface area contributed by atoms with Gasteiger partial charge in [-0.2, -0.15) is 0 Å². The Morgan fingerprint density at radius 1 is 1.47 bits per heavy atom. The van der Waals surface area contributed by atoms with Crippen LogP contribution in [0.5, 0.6) is 0 Å². The molecule has 2 aromatic heterocycles. The molecule has 0 unspecified atom stereocenters. The average Bonchev–Trinajstić information content (AvgIpc) is 2.84. The van der Waals surface area contributed by atoms with Gasteiger partial charge < -0.3 is 9.84 Å². The molecule has 0 saturated carbocycles. The zero-order valence-electron chi connectivity index (χ0n) is 9.15. The topological polar surface area (TPSA) is 80.9 Å².